The van der Waals surface area contributed by atoms with E-state index in [1.807, 2.05) is 19.1 Å². The topological polar surface area (TPSA) is 87.9 Å². The molecule has 0 saturated heterocycles. The number of furan rings is 1. The molecule has 0 fully saturated rings. The minimum Gasteiger partial charge on any atom is -0.497 e. The zero-order valence-corrected chi connectivity index (χ0v) is 20.5. The number of nitrogens with one attached hydrogen (secondary N) is 3. The number of aryl methyl sites for hydroxylation is 1. The lowest BCUT2D eigenvalue weighted by Gasteiger charge is -2.15. The van der Waals surface area contributed by atoms with E-state index in [1.54, 1.807) is 20.2 Å². The van der Waals surface area contributed by atoms with Crippen LogP contribution in [-0.4, -0.2) is 45.7 Å². The first-order chi connectivity index (χ1) is 14.0. The summed E-state index contributed by atoms with van der Waals surface area (Å²) in [6, 6.07) is 9.98. The van der Waals surface area contributed by atoms with Crippen LogP contribution in [0.4, 0.5) is 0 Å². The fraction of sp³-hybridized carbons (Fsp3) is 0.455. The first-order valence-corrected chi connectivity index (χ1v) is 9.96. The molecule has 3 N–H and O–H groups in total. The SMILES string of the molecule is CN=C(NCCCNC(=O)c1occc1C)NCCC(C)c1ccc(OC)cc1.I. The van der Waals surface area contributed by atoms with Gasteiger partial charge in [0, 0.05) is 32.2 Å². The third-order valence-corrected chi connectivity index (χ3v) is 4.78. The van der Waals surface area contributed by atoms with Crippen molar-refractivity contribution in [2.24, 2.45) is 4.99 Å². The van der Waals surface area contributed by atoms with Crippen molar-refractivity contribution < 1.29 is 13.9 Å². The molecule has 1 amide bonds. The van der Waals surface area contributed by atoms with Gasteiger partial charge in [0.1, 0.15) is 5.75 Å². The average Bonchev–Trinajstić information content (AvgIpc) is 3.18. The Morgan fingerprint density at radius 1 is 1.10 bits per heavy atom. The molecular weight excluding hydrogens is 495 g/mol. The van der Waals surface area contributed by atoms with Gasteiger partial charge in [0.2, 0.25) is 0 Å². The number of hydrogen-bond donors (Lipinski definition) is 3. The highest BCUT2D eigenvalue weighted by Crippen LogP contribution is 2.21. The van der Waals surface area contributed by atoms with E-state index in [4.69, 9.17) is 9.15 Å². The molecule has 0 saturated carbocycles. The molecule has 7 nitrogen and oxygen atoms in total. The van der Waals surface area contributed by atoms with Crippen LogP contribution in [0.3, 0.4) is 0 Å². The molecule has 0 radical (unpaired) electrons. The Bertz CT molecular complexity index is 790. The first-order valence-electron chi connectivity index (χ1n) is 9.96. The van der Waals surface area contributed by atoms with Gasteiger partial charge < -0.3 is 25.1 Å². The number of guanidine groups is 1. The van der Waals surface area contributed by atoms with E-state index in [0.717, 1.165) is 36.7 Å². The van der Waals surface area contributed by atoms with E-state index in [2.05, 4.69) is 40.0 Å². The van der Waals surface area contributed by atoms with Gasteiger partial charge in [-0.25, -0.2) is 0 Å². The van der Waals surface area contributed by atoms with Gasteiger partial charge >= 0.3 is 0 Å². The number of carbonyl (C=O) groups excluding carboxylic acids is 1. The van der Waals surface area contributed by atoms with Gasteiger partial charge in [-0.3, -0.25) is 9.79 Å². The normalized spacial score (nSPS) is 11.9. The number of nitrogens with zero attached hydrogens (tertiary/aromatic N) is 1. The number of hydrogen-bond acceptors (Lipinski definition) is 4. The predicted octanol–water partition coefficient (Wildman–Crippen LogP) is 3.69. The molecule has 0 spiro atoms. The van der Waals surface area contributed by atoms with Crippen LogP contribution in [0.2, 0.25) is 0 Å². The van der Waals surface area contributed by atoms with Gasteiger partial charge in [-0.05, 0) is 49.4 Å². The van der Waals surface area contributed by atoms with Crippen molar-refractivity contribution >= 4 is 35.8 Å². The molecule has 1 heterocycles. The Kier molecular flexibility index (Phi) is 12.0. The Morgan fingerprint density at radius 3 is 2.37 bits per heavy atom. The first kappa shape index (κ1) is 25.8. The molecule has 1 atom stereocenters. The molecule has 0 aliphatic heterocycles. The maximum Gasteiger partial charge on any atom is 0.287 e. The van der Waals surface area contributed by atoms with E-state index in [0.29, 0.717) is 24.8 Å². The van der Waals surface area contributed by atoms with Crippen molar-refractivity contribution in [3.8, 4) is 5.75 Å². The maximum absolute atomic E-state index is 12.0. The monoisotopic (exact) mass is 528 g/mol. The summed E-state index contributed by atoms with van der Waals surface area (Å²) in [7, 11) is 3.43. The number of ether oxygens (including phenoxy) is 1. The summed E-state index contributed by atoms with van der Waals surface area (Å²) in [6.07, 6.45) is 3.30. The van der Waals surface area contributed by atoms with Gasteiger partial charge in [-0.1, -0.05) is 19.1 Å². The average molecular weight is 528 g/mol. The number of aliphatic imine (C=N–C) groups is 1. The number of halogens is 1. The fourth-order valence-corrected chi connectivity index (χ4v) is 2.91. The van der Waals surface area contributed by atoms with Gasteiger partial charge in [0.25, 0.3) is 5.91 Å². The van der Waals surface area contributed by atoms with Crippen LogP contribution in [-0.2, 0) is 0 Å². The zero-order valence-electron chi connectivity index (χ0n) is 18.2. The largest absolute Gasteiger partial charge is 0.497 e. The highest BCUT2D eigenvalue weighted by Gasteiger charge is 2.11. The number of amides is 1. The minimum atomic E-state index is -0.178. The third-order valence-electron chi connectivity index (χ3n) is 4.78. The quantitative estimate of drug-likeness (QED) is 0.190. The van der Waals surface area contributed by atoms with E-state index < -0.39 is 0 Å². The number of rotatable bonds is 10. The molecular formula is C22H33IN4O3. The molecule has 30 heavy (non-hydrogen) atoms. The molecule has 8 heteroatoms. The molecule has 1 unspecified atom stereocenters. The van der Waals surface area contributed by atoms with Crippen LogP contribution in [0.15, 0.2) is 46.0 Å². The minimum absolute atomic E-state index is 0. The van der Waals surface area contributed by atoms with Crippen molar-refractivity contribution in [1.29, 1.82) is 0 Å². The standard InChI is InChI=1S/C22H32N4O3.HI/c1-16(18-6-8-19(28-4)9-7-18)10-14-26-22(23-3)25-13-5-12-24-21(27)20-17(2)11-15-29-20;/h6-9,11,15-16H,5,10,12-14H2,1-4H3,(H,24,27)(H2,23,25,26);1H. The highest BCUT2D eigenvalue weighted by molar-refractivity contribution is 14.0. The number of carbonyl (C=O) groups is 1. The number of methoxy groups -OCH3 is 1. The molecule has 0 bridgehead atoms. The lowest BCUT2D eigenvalue weighted by atomic mass is 9.98. The Labute approximate surface area is 196 Å². The summed E-state index contributed by atoms with van der Waals surface area (Å²) < 4.78 is 10.4. The van der Waals surface area contributed by atoms with Crippen molar-refractivity contribution in [3.05, 3.63) is 53.5 Å². The highest BCUT2D eigenvalue weighted by atomic mass is 127. The summed E-state index contributed by atoms with van der Waals surface area (Å²) in [5, 5.41) is 9.46. The second-order valence-corrected chi connectivity index (χ2v) is 6.93. The molecule has 2 aromatic rings. The summed E-state index contributed by atoms with van der Waals surface area (Å²) in [4.78, 5) is 16.2. The van der Waals surface area contributed by atoms with E-state index in [1.165, 1.54) is 11.8 Å². The Morgan fingerprint density at radius 2 is 1.77 bits per heavy atom. The van der Waals surface area contributed by atoms with Crippen LogP contribution in [0, 0.1) is 6.92 Å². The van der Waals surface area contributed by atoms with Crippen LogP contribution < -0.4 is 20.7 Å². The van der Waals surface area contributed by atoms with E-state index >= 15 is 0 Å². The third kappa shape index (κ3) is 8.25. The van der Waals surface area contributed by atoms with Gasteiger partial charge in [0.05, 0.1) is 13.4 Å². The van der Waals surface area contributed by atoms with Gasteiger partial charge in [0.15, 0.2) is 11.7 Å². The molecule has 0 aliphatic carbocycles. The lowest BCUT2D eigenvalue weighted by molar-refractivity contribution is 0.0925. The second-order valence-electron chi connectivity index (χ2n) is 6.93. The van der Waals surface area contributed by atoms with Gasteiger partial charge in [-0.2, -0.15) is 0 Å². The smallest absolute Gasteiger partial charge is 0.287 e. The van der Waals surface area contributed by atoms with Crippen molar-refractivity contribution in [2.75, 3.05) is 33.8 Å². The predicted molar refractivity (Wildman–Crippen MR) is 131 cm³/mol. The summed E-state index contributed by atoms with van der Waals surface area (Å²) in [5.41, 5.74) is 2.13. The Hall–Kier alpha value is -2.23. The van der Waals surface area contributed by atoms with Crippen LogP contribution >= 0.6 is 24.0 Å². The molecule has 166 valence electrons. The molecule has 1 aromatic heterocycles. The summed E-state index contributed by atoms with van der Waals surface area (Å²) in [6.45, 7) is 6.16. The van der Waals surface area contributed by atoms with Crippen LogP contribution in [0.1, 0.15) is 47.4 Å². The summed E-state index contributed by atoms with van der Waals surface area (Å²) in [5.74, 6) is 2.27. The lowest BCUT2D eigenvalue weighted by Crippen LogP contribution is -2.39. The zero-order chi connectivity index (χ0) is 21.1. The van der Waals surface area contributed by atoms with E-state index in [9.17, 15) is 4.79 Å². The van der Waals surface area contributed by atoms with E-state index in [-0.39, 0.29) is 29.9 Å². The van der Waals surface area contributed by atoms with Gasteiger partial charge in [-0.15, -0.1) is 24.0 Å². The van der Waals surface area contributed by atoms with Crippen molar-refractivity contribution in [3.63, 3.8) is 0 Å². The van der Waals surface area contributed by atoms with Crippen molar-refractivity contribution in [1.82, 2.24) is 16.0 Å². The second kappa shape index (κ2) is 13.9. The number of benzene rings is 1. The molecule has 1 aromatic carbocycles. The van der Waals surface area contributed by atoms with Crippen LogP contribution in [0.5, 0.6) is 5.75 Å². The molecule has 2 rings (SSSR count). The Balaban J connectivity index is 0.00000450. The fourth-order valence-electron chi connectivity index (χ4n) is 2.91. The van der Waals surface area contributed by atoms with Crippen LogP contribution in [0.25, 0.3) is 0 Å². The van der Waals surface area contributed by atoms with Crippen molar-refractivity contribution in [2.45, 2.75) is 32.6 Å². The summed E-state index contributed by atoms with van der Waals surface area (Å²) >= 11 is 0. The molecule has 0 aliphatic rings. The maximum atomic E-state index is 12.0.